The largest absolute Gasteiger partial charge is 0.490 e. The minimum absolute atomic E-state index is 0.0344. The van der Waals surface area contributed by atoms with Crippen LogP contribution in [0.15, 0.2) is 34.8 Å². The predicted octanol–water partition coefficient (Wildman–Crippen LogP) is 6.50. The summed E-state index contributed by atoms with van der Waals surface area (Å²) in [4.78, 5) is 0. The van der Waals surface area contributed by atoms with E-state index in [1.807, 2.05) is 19.1 Å². The molecule has 0 heterocycles. The van der Waals surface area contributed by atoms with Crippen LogP contribution in [0.4, 0.5) is 4.39 Å². The molecule has 0 saturated heterocycles. The van der Waals surface area contributed by atoms with Gasteiger partial charge in [-0.3, -0.25) is 0 Å². The van der Waals surface area contributed by atoms with Gasteiger partial charge in [0.1, 0.15) is 12.4 Å². The predicted molar refractivity (Wildman–Crippen MR) is 112 cm³/mol. The lowest BCUT2D eigenvalue weighted by molar-refractivity contribution is 0.265. The van der Waals surface area contributed by atoms with Gasteiger partial charge in [0.25, 0.3) is 0 Å². The lowest BCUT2D eigenvalue weighted by Crippen LogP contribution is -2.15. The Balaban J connectivity index is 2.10. The third kappa shape index (κ3) is 6.66. The third-order valence-electron chi connectivity index (χ3n) is 4.12. The molecule has 0 aromatic heterocycles. The molecule has 0 amide bonds. The average molecular weight is 459 g/mol. The summed E-state index contributed by atoms with van der Waals surface area (Å²) in [5.41, 5.74) is 1.42. The Hall–Kier alpha value is -1.30. The van der Waals surface area contributed by atoms with Gasteiger partial charge >= 0.3 is 0 Å². The number of nitrogens with one attached hydrogen (secondary N) is 1. The van der Waals surface area contributed by atoms with Gasteiger partial charge in [0.15, 0.2) is 11.5 Å². The molecule has 27 heavy (non-hydrogen) atoms. The molecule has 0 unspecified atom stereocenters. The van der Waals surface area contributed by atoms with Gasteiger partial charge in [0, 0.05) is 16.6 Å². The van der Waals surface area contributed by atoms with Crippen molar-refractivity contribution in [1.29, 1.82) is 0 Å². The molecule has 3 nitrogen and oxygen atoms in total. The van der Waals surface area contributed by atoms with Crippen LogP contribution >= 0.6 is 27.5 Å². The maximum absolute atomic E-state index is 14.0. The van der Waals surface area contributed by atoms with Gasteiger partial charge in [-0.05, 0) is 49.7 Å². The van der Waals surface area contributed by atoms with Crippen LogP contribution in [0, 0.1) is 5.82 Å². The molecule has 0 bridgehead atoms. The molecular weight excluding hydrogens is 433 g/mol. The van der Waals surface area contributed by atoms with Crippen molar-refractivity contribution >= 4 is 27.5 Å². The van der Waals surface area contributed by atoms with Crippen molar-refractivity contribution in [2.45, 2.75) is 46.3 Å². The molecule has 0 atom stereocenters. The molecule has 0 saturated carbocycles. The van der Waals surface area contributed by atoms with Crippen LogP contribution in [-0.2, 0) is 13.2 Å². The zero-order valence-electron chi connectivity index (χ0n) is 15.8. The fourth-order valence-electron chi connectivity index (χ4n) is 2.64. The van der Waals surface area contributed by atoms with E-state index in [1.165, 1.54) is 18.9 Å². The van der Waals surface area contributed by atoms with Gasteiger partial charge < -0.3 is 14.8 Å². The summed E-state index contributed by atoms with van der Waals surface area (Å²) in [5, 5.41) is 3.79. The molecule has 148 valence electrons. The minimum atomic E-state index is -0.382. The number of hydrogen-bond donors (Lipinski definition) is 1. The van der Waals surface area contributed by atoms with Crippen LogP contribution in [0.5, 0.6) is 11.5 Å². The Morgan fingerprint density at radius 2 is 1.89 bits per heavy atom. The summed E-state index contributed by atoms with van der Waals surface area (Å²) in [6.07, 6.45) is 3.60. The lowest BCUT2D eigenvalue weighted by Gasteiger charge is -2.16. The Morgan fingerprint density at radius 1 is 1.11 bits per heavy atom. The fraction of sp³-hybridized carbons (Fsp3) is 0.429. The van der Waals surface area contributed by atoms with E-state index in [2.05, 4.69) is 28.2 Å². The first-order valence-corrected chi connectivity index (χ1v) is 10.5. The van der Waals surface area contributed by atoms with E-state index in [4.69, 9.17) is 21.1 Å². The minimum Gasteiger partial charge on any atom is -0.490 e. The number of benzene rings is 2. The molecule has 0 radical (unpaired) electrons. The molecule has 0 fully saturated rings. The quantitative estimate of drug-likeness (QED) is 0.390. The van der Waals surface area contributed by atoms with Crippen molar-refractivity contribution in [3.05, 3.63) is 56.8 Å². The van der Waals surface area contributed by atoms with E-state index >= 15 is 0 Å². The Morgan fingerprint density at radius 3 is 2.59 bits per heavy atom. The van der Waals surface area contributed by atoms with Crippen LogP contribution in [0.3, 0.4) is 0 Å². The summed E-state index contributed by atoms with van der Waals surface area (Å²) in [7, 11) is 0. The van der Waals surface area contributed by atoms with E-state index in [-0.39, 0.29) is 12.4 Å². The van der Waals surface area contributed by atoms with Gasteiger partial charge in [-0.2, -0.15) is 0 Å². The van der Waals surface area contributed by atoms with E-state index < -0.39 is 0 Å². The standard InChI is InChI=1S/C21H26BrClFNO2/c1-3-5-6-10-25-13-15-11-20(26-4-2)21(12-17(15)22)27-14-16-18(23)8-7-9-19(16)24/h7-9,11-12,25H,3-6,10,13-14H2,1-2H3. The first-order chi connectivity index (χ1) is 13.1. The highest BCUT2D eigenvalue weighted by atomic mass is 79.9. The van der Waals surface area contributed by atoms with E-state index in [0.29, 0.717) is 28.7 Å². The first-order valence-electron chi connectivity index (χ1n) is 9.28. The summed E-state index contributed by atoms with van der Waals surface area (Å²) in [6.45, 7) is 6.38. The molecule has 2 rings (SSSR count). The molecule has 0 aliphatic carbocycles. The Kier molecular flexibility index (Phi) is 9.39. The average Bonchev–Trinajstić information content (AvgIpc) is 2.64. The van der Waals surface area contributed by atoms with E-state index in [1.54, 1.807) is 12.1 Å². The first kappa shape index (κ1) is 22.0. The number of halogens is 3. The van der Waals surface area contributed by atoms with Crippen LogP contribution in [-0.4, -0.2) is 13.2 Å². The molecule has 1 N–H and O–H groups in total. The second-order valence-corrected chi connectivity index (χ2v) is 7.46. The Bertz CT molecular complexity index is 722. The van der Waals surface area contributed by atoms with E-state index in [9.17, 15) is 4.39 Å². The van der Waals surface area contributed by atoms with E-state index in [0.717, 1.165) is 29.5 Å². The highest BCUT2D eigenvalue weighted by Gasteiger charge is 2.13. The summed E-state index contributed by atoms with van der Waals surface area (Å²) in [6, 6.07) is 8.42. The van der Waals surface area contributed by atoms with Crippen LogP contribution < -0.4 is 14.8 Å². The topological polar surface area (TPSA) is 30.5 Å². The van der Waals surface area contributed by atoms with Gasteiger partial charge in [-0.1, -0.05) is 53.4 Å². The maximum atomic E-state index is 14.0. The Labute approximate surface area is 174 Å². The number of rotatable bonds is 11. The maximum Gasteiger partial charge on any atom is 0.162 e. The SMILES string of the molecule is CCCCCNCc1cc(OCC)c(OCc2c(F)cccc2Cl)cc1Br. The van der Waals surface area contributed by atoms with Crippen molar-refractivity contribution < 1.29 is 13.9 Å². The van der Waals surface area contributed by atoms with Crippen LogP contribution in [0.2, 0.25) is 5.02 Å². The van der Waals surface area contributed by atoms with Gasteiger partial charge in [-0.25, -0.2) is 4.39 Å². The number of ether oxygens (including phenoxy) is 2. The molecule has 2 aromatic carbocycles. The molecule has 0 aliphatic rings. The van der Waals surface area contributed by atoms with Crippen molar-refractivity contribution in [2.75, 3.05) is 13.2 Å². The van der Waals surface area contributed by atoms with Crippen LogP contribution in [0.25, 0.3) is 0 Å². The molecular formula is C21H26BrClFNO2. The monoisotopic (exact) mass is 457 g/mol. The van der Waals surface area contributed by atoms with Gasteiger partial charge in [-0.15, -0.1) is 0 Å². The molecule has 0 aliphatic heterocycles. The highest BCUT2D eigenvalue weighted by Crippen LogP contribution is 2.35. The zero-order chi connectivity index (χ0) is 19.6. The van der Waals surface area contributed by atoms with Gasteiger partial charge in [0.05, 0.1) is 11.6 Å². The number of hydrogen-bond acceptors (Lipinski definition) is 3. The smallest absolute Gasteiger partial charge is 0.162 e. The summed E-state index contributed by atoms with van der Waals surface area (Å²) < 4.78 is 26.4. The number of unbranched alkanes of at least 4 members (excludes halogenated alkanes) is 2. The van der Waals surface area contributed by atoms with Crippen molar-refractivity contribution in [3.63, 3.8) is 0 Å². The lowest BCUT2D eigenvalue weighted by atomic mass is 10.2. The fourth-order valence-corrected chi connectivity index (χ4v) is 3.32. The normalized spacial score (nSPS) is 10.9. The van der Waals surface area contributed by atoms with Crippen molar-refractivity contribution in [1.82, 2.24) is 5.32 Å². The zero-order valence-corrected chi connectivity index (χ0v) is 18.1. The molecule has 2 aromatic rings. The third-order valence-corrected chi connectivity index (χ3v) is 5.21. The van der Waals surface area contributed by atoms with Crippen molar-refractivity contribution in [3.8, 4) is 11.5 Å². The van der Waals surface area contributed by atoms with Crippen molar-refractivity contribution in [2.24, 2.45) is 0 Å². The highest BCUT2D eigenvalue weighted by molar-refractivity contribution is 9.10. The second kappa shape index (κ2) is 11.5. The second-order valence-electron chi connectivity index (χ2n) is 6.20. The molecule has 6 heteroatoms. The summed E-state index contributed by atoms with van der Waals surface area (Å²) >= 11 is 9.67. The van der Waals surface area contributed by atoms with Gasteiger partial charge in [0.2, 0.25) is 0 Å². The molecule has 0 spiro atoms. The summed E-state index contributed by atoms with van der Waals surface area (Å²) in [5.74, 6) is 0.809. The van der Waals surface area contributed by atoms with Crippen LogP contribution in [0.1, 0.15) is 44.2 Å².